The zero-order valence-electron chi connectivity index (χ0n) is 10.5. The minimum atomic E-state index is -0.450. The van der Waals surface area contributed by atoms with Crippen molar-refractivity contribution in [2.45, 2.75) is 32.6 Å². The van der Waals surface area contributed by atoms with E-state index in [9.17, 15) is 9.59 Å². The summed E-state index contributed by atoms with van der Waals surface area (Å²) in [5.41, 5.74) is 0.237. The standard InChI is InChI=1S/C13H17NO2S/c1-9(15)17-11-8-6-5-7-10(11)14-12(16)13(2,3)4/h5-8H,1-4H3,(H,14,16). The van der Waals surface area contributed by atoms with Crippen LogP contribution >= 0.6 is 11.8 Å². The summed E-state index contributed by atoms with van der Waals surface area (Å²) in [5.74, 6) is -0.0610. The molecule has 0 unspecified atom stereocenters. The molecule has 0 aliphatic carbocycles. The summed E-state index contributed by atoms with van der Waals surface area (Å²) >= 11 is 1.12. The van der Waals surface area contributed by atoms with Crippen LogP contribution in [0.15, 0.2) is 29.2 Å². The second-order valence-electron chi connectivity index (χ2n) is 4.79. The number of para-hydroxylation sites is 1. The number of thioether (sulfide) groups is 1. The van der Waals surface area contributed by atoms with Crippen LogP contribution < -0.4 is 5.32 Å². The Morgan fingerprint density at radius 3 is 2.29 bits per heavy atom. The SMILES string of the molecule is CC(=O)Sc1ccccc1NC(=O)C(C)(C)C. The highest BCUT2D eigenvalue weighted by Crippen LogP contribution is 2.28. The van der Waals surface area contributed by atoms with E-state index in [1.807, 2.05) is 39.0 Å². The molecule has 1 rings (SSSR count). The third kappa shape index (κ3) is 4.23. The Balaban J connectivity index is 2.91. The summed E-state index contributed by atoms with van der Waals surface area (Å²) < 4.78 is 0. The molecule has 0 fully saturated rings. The smallest absolute Gasteiger partial charge is 0.229 e. The van der Waals surface area contributed by atoms with Gasteiger partial charge in [0.25, 0.3) is 0 Å². The van der Waals surface area contributed by atoms with Gasteiger partial charge < -0.3 is 5.32 Å². The molecule has 0 aromatic heterocycles. The Bertz CT molecular complexity index is 435. The summed E-state index contributed by atoms with van der Waals surface area (Å²) in [5, 5.41) is 2.85. The zero-order valence-corrected chi connectivity index (χ0v) is 11.4. The van der Waals surface area contributed by atoms with Gasteiger partial charge >= 0.3 is 0 Å². The minimum absolute atomic E-state index is 0.00228. The molecule has 0 bridgehead atoms. The quantitative estimate of drug-likeness (QED) is 0.820. The molecule has 0 saturated heterocycles. The van der Waals surface area contributed by atoms with E-state index in [-0.39, 0.29) is 11.0 Å². The monoisotopic (exact) mass is 251 g/mol. The average Bonchev–Trinajstić information content (AvgIpc) is 2.18. The van der Waals surface area contributed by atoms with E-state index >= 15 is 0 Å². The lowest BCUT2D eigenvalue weighted by Crippen LogP contribution is -2.27. The van der Waals surface area contributed by atoms with Gasteiger partial charge in [-0.25, -0.2) is 0 Å². The fourth-order valence-corrected chi connectivity index (χ4v) is 1.81. The highest BCUT2D eigenvalue weighted by atomic mass is 32.2. The Hall–Kier alpha value is -1.29. The van der Waals surface area contributed by atoms with Crippen molar-refractivity contribution in [2.75, 3.05) is 5.32 Å². The molecule has 17 heavy (non-hydrogen) atoms. The van der Waals surface area contributed by atoms with E-state index in [2.05, 4.69) is 5.32 Å². The molecule has 4 heteroatoms. The first-order valence-electron chi connectivity index (χ1n) is 5.39. The fraction of sp³-hybridized carbons (Fsp3) is 0.385. The van der Waals surface area contributed by atoms with E-state index < -0.39 is 5.41 Å². The Labute approximate surface area is 106 Å². The number of carbonyl (C=O) groups is 2. The van der Waals surface area contributed by atoms with Crippen LogP contribution in [0.4, 0.5) is 5.69 Å². The molecule has 1 amide bonds. The molecule has 1 aromatic carbocycles. The largest absolute Gasteiger partial charge is 0.325 e. The maximum absolute atomic E-state index is 11.9. The van der Waals surface area contributed by atoms with Gasteiger partial charge in [-0.3, -0.25) is 9.59 Å². The number of benzene rings is 1. The third-order valence-electron chi connectivity index (χ3n) is 2.07. The zero-order chi connectivity index (χ0) is 13.1. The summed E-state index contributed by atoms with van der Waals surface area (Å²) in [7, 11) is 0. The highest BCUT2D eigenvalue weighted by molar-refractivity contribution is 8.13. The van der Waals surface area contributed by atoms with E-state index in [1.54, 1.807) is 6.07 Å². The van der Waals surface area contributed by atoms with Crippen molar-refractivity contribution in [1.29, 1.82) is 0 Å². The first kappa shape index (κ1) is 13.8. The van der Waals surface area contributed by atoms with E-state index in [1.165, 1.54) is 6.92 Å². The Kier molecular flexibility index (Phi) is 4.34. The summed E-state index contributed by atoms with van der Waals surface area (Å²) in [6, 6.07) is 7.31. The summed E-state index contributed by atoms with van der Waals surface area (Å²) in [6.07, 6.45) is 0. The molecule has 92 valence electrons. The first-order chi connectivity index (χ1) is 7.80. The number of carbonyl (C=O) groups excluding carboxylic acids is 2. The fourth-order valence-electron chi connectivity index (χ4n) is 1.12. The van der Waals surface area contributed by atoms with Gasteiger partial charge in [0.15, 0.2) is 5.12 Å². The molecular formula is C13H17NO2S. The van der Waals surface area contributed by atoms with Crippen molar-refractivity contribution in [3.05, 3.63) is 24.3 Å². The topological polar surface area (TPSA) is 46.2 Å². The molecule has 0 aliphatic rings. The van der Waals surface area contributed by atoms with Gasteiger partial charge in [0.1, 0.15) is 0 Å². The molecule has 0 spiro atoms. The van der Waals surface area contributed by atoms with Gasteiger partial charge in [-0.15, -0.1) is 0 Å². The van der Waals surface area contributed by atoms with Crippen LogP contribution in [-0.2, 0) is 9.59 Å². The van der Waals surface area contributed by atoms with Crippen molar-refractivity contribution in [3.8, 4) is 0 Å². The number of nitrogens with one attached hydrogen (secondary N) is 1. The van der Waals surface area contributed by atoms with Crippen molar-refractivity contribution < 1.29 is 9.59 Å². The number of anilines is 1. The average molecular weight is 251 g/mol. The van der Waals surface area contributed by atoms with Crippen LogP contribution in [0.2, 0.25) is 0 Å². The van der Waals surface area contributed by atoms with E-state index in [0.717, 1.165) is 16.7 Å². The third-order valence-corrected chi connectivity index (χ3v) is 2.93. The summed E-state index contributed by atoms with van der Waals surface area (Å²) in [4.78, 5) is 23.7. The predicted octanol–water partition coefficient (Wildman–Crippen LogP) is 3.31. The van der Waals surface area contributed by atoms with Gasteiger partial charge in [-0.1, -0.05) is 44.7 Å². The number of rotatable bonds is 2. The van der Waals surface area contributed by atoms with Gasteiger partial charge in [-0.05, 0) is 12.1 Å². The molecule has 3 nitrogen and oxygen atoms in total. The predicted molar refractivity (Wildman–Crippen MR) is 71.1 cm³/mol. The van der Waals surface area contributed by atoms with Crippen LogP contribution in [0.25, 0.3) is 0 Å². The van der Waals surface area contributed by atoms with Gasteiger partial charge in [0, 0.05) is 17.2 Å². The Morgan fingerprint density at radius 1 is 1.18 bits per heavy atom. The van der Waals surface area contributed by atoms with E-state index in [4.69, 9.17) is 0 Å². The molecule has 0 atom stereocenters. The van der Waals surface area contributed by atoms with Crippen molar-refractivity contribution in [3.63, 3.8) is 0 Å². The number of amides is 1. The number of hydrogen-bond donors (Lipinski definition) is 1. The van der Waals surface area contributed by atoms with Crippen LogP contribution in [0.3, 0.4) is 0 Å². The Morgan fingerprint density at radius 2 is 1.76 bits per heavy atom. The van der Waals surface area contributed by atoms with Crippen molar-refractivity contribution >= 4 is 28.5 Å². The minimum Gasteiger partial charge on any atom is -0.325 e. The number of hydrogen-bond acceptors (Lipinski definition) is 3. The molecular weight excluding hydrogens is 234 g/mol. The lowest BCUT2D eigenvalue weighted by atomic mass is 9.95. The second-order valence-corrected chi connectivity index (χ2v) is 6.01. The van der Waals surface area contributed by atoms with Gasteiger partial charge in [0.2, 0.25) is 5.91 Å². The highest BCUT2D eigenvalue weighted by Gasteiger charge is 2.22. The molecule has 0 saturated carbocycles. The second kappa shape index (κ2) is 5.36. The maximum Gasteiger partial charge on any atom is 0.229 e. The maximum atomic E-state index is 11.9. The normalized spacial score (nSPS) is 11.1. The molecule has 1 N–H and O–H groups in total. The lowest BCUT2D eigenvalue weighted by Gasteiger charge is -2.18. The van der Waals surface area contributed by atoms with Gasteiger partial charge in [0.05, 0.1) is 5.69 Å². The van der Waals surface area contributed by atoms with Crippen LogP contribution in [-0.4, -0.2) is 11.0 Å². The summed E-state index contributed by atoms with van der Waals surface area (Å²) in [6.45, 7) is 7.06. The van der Waals surface area contributed by atoms with Crippen LogP contribution in [0.5, 0.6) is 0 Å². The molecule has 0 heterocycles. The van der Waals surface area contributed by atoms with Crippen molar-refractivity contribution in [2.24, 2.45) is 5.41 Å². The first-order valence-corrected chi connectivity index (χ1v) is 6.21. The molecule has 1 aromatic rings. The van der Waals surface area contributed by atoms with Gasteiger partial charge in [-0.2, -0.15) is 0 Å². The lowest BCUT2D eigenvalue weighted by molar-refractivity contribution is -0.123. The molecule has 0 aliphatic heterocycles. The van der Waals surface area contributed by atoms with Crippen LogP contribution in [0, 0.1) is 5.41 Å². The van der Waals surface area contributed by atoms with Crippen LogP contribution in [0.1, 0.15) is 27.7 Å². The van der Waals surface area contributed by atoms with Crippen molar-refractivity contribution in [1.82, 2.24) is 0 Å². The van der Waals surface area contributed by atoms with E-state index in [0.29, 0.717) is 5.69 Å². The molecule has 0 radical (unpaired) electrons.